The zero-order valence-electron chi connectivity index (χ0n) is 9.93. The Bertz CT molecular complexity index is 561. The fourth-order valence-corrected chi connectivity index (χ4v) is 1.25. The van der Waals surface area contributed by atoms with Crippen LogP contribution in [0, 0.1) is 11.3 Å². The largest absolute Gasteiger partial charge is 0.324 e. The number of hydrogen-bond acceptors (Lipinski definition) is 3. The summed E-state index contributed by atoms with van der Waals surface area (Å²) in [7, 11) is 0. The minimum absolute atomic E-state index is 0.00408. The number of halogens is 1. The van der Waals surface area contributed by atoms with Crippen molar-refractivity contribution < 1.29 is 9.18 Å². The molecule has 0 N–H and O–H groups in total. The molecule has 0 atom stereocenters. The molecule has 0 bridgehead atoms. The molecule has 4 nitrogen and oxygen atoms in total. The Hall–Kier alpha value is -2.48. The summed E-state index contributed by atoms with van der Waals surface area (Å²) in [5.74, 6) is -0.611. The Morgan fingerprint density at radius 1 is 1.72 bits per heavy atom. The highest BCUT2D eigenvalue weighted by Crippen LogP contribution is 2.12. The standard InChI is InChI=1S/C13H12FN3O/c1-3-11(4-13(14)10(2)5-15)7-17-9-16-6-12(17)8-18/h3-4,6,8-9H,1,7H2,2H3/b11-4+,13-10-. The van der Waals surface area contributed by atoms with Crippen molar-refractivity contribution in [1.29, 1.82) is 5.26 Å². The van der Waals surface area contributed by atoms with Crippen LogP contribution in [0.5, 0.6) is 0 Å². The molecule has 0 fully saturated rings. The molecule has 1 aromatic rings. The van der Waals surface area contributed by atoms with E-state index in [1.54, 1.807) is 10.6 Å². The maximum absolute atomic E-state index is 13.5. The number of aldehydes is 1. The van der Waals surface area contributed by atoms with Gasteiger partial charge in [-0.05, 0) is 18.6 Å². The second-order valence-corrected chi connectivity index (χ2v) is 3.57. The third kappa shape index (κ3) is 3.25. The van der Waals surface area contributed by atoms with Gasteiger partial charge in [0.15, 0.2) is 6.29 Å². The number of carbonyl (C=O) groups is 1. The molecule has 0 aliphatic rings. The molecular formula is C13H12FN3O. The molecule has 0 saturated heterocycles. The fourth-order valence-electron chi connectivity index (χ4n) is 1.25. The number of nitriles is 1. The summed E-state index contributed by atoms with van der Waals surface area (Å²) in [6.45, 7) is 5.23. The quantitative estimate of drug-likeness (QED) is 0.455. The first-order chi connectivity index (χ1) is 8.62. The van der Waals surface area contributed by atoms with E-state index < -0.39 is 5.83 Å². The van der Waals surface area contributed by atoms with Crippen molar-refractivity contribution in [3.63, 3.8) is 0 Å². The van der Waals surface area contributed by atoms with Crippen molar-refractivity contribution in [3.8, 4) is 6.07 Å². The minimum atomic E-state index is -0.611. The first-order valence-corrected chi connectivity index (χ1v) is 5.17. The van der Waals surface area contributed by atoms with E-state index >= 15 is 0 Å². The first-order valence-electron chi connectivity index (χ1n) is 5.17. The average Bonchev–Trinajstić information content (AvgIpc) is 2.83. The van der Waals surface area contributed by atoms with Crippen LogP contribution in [0.1, 0.15) is 17.4 Å². The van der Waals surface area contributed by atoms with Gasteiger partial charge in [0.2, 0.25) is 0 Å². The lowest BCUT2D eigenvalue weighted by atomic mass is 10.2. The number of rotatable bonds is 5. The van der Waals surface area contributed by atoms with Gasteiger partial charge in [-0.1, -0.05) is 12.7 Å². The molecule has 1 aromatic heterocycles. The summed E-state index contributed by atoms with van der Waals surface area (Å²) in [4.78, 5) is 14.5. The van der Waals surface area contributed by atoms with Gasteiger partial charge < -0.3 is 4.57 Å². The van der Waals surface area contributed by atoms with Gasteiger partial charge in [0.05, 0.1) is 24.2 Å². The third-order valence-corrected chi connectivity index (χ3v) is 2.32. The van der Waals surface area contributed by atoms with Crippen LogP contribution >= 0.6 is 0 Å². The molecule has 0 aliphatic heterocycles. The highest BCUT2D eigenvalue weighted by molar-refractivity contribution is 5.71. The number of allylic oxidation sites excluding steroid dienone is 5. The predicted molar refractivity (Wildman–Crippen MR) is 65.3 cm³/mol. The van der Waals surface area contributed by atoms with Gasteiger partial charge in [0.25, 0.3) is 0 Å². The fraction of sp³-hybridized carbons (Fsp3) is 0.154. The van der Waals surface area contributed by atoms with Crippen LogP contribution in [-0.4, -0.2) is 15.8 Å². The van der Waals surface area contributed by atoms with E-state index in [0.29, 0.717) is 17.6 Å². The lowest BCUT2D eigenvalue weighted by molar-refractivity contribution is 0.111. The van der Waals surface area contributed by atoms with Gasteiger partial charge in [-0.25, -0.2) is 9.37 Å². The van der Waals surface area contributed by atoms with Gasteiger partial charge in [-0.15, -0.1) is 0 Å². The maximum Gasteiger partial charge on any atom is 0.168 e. The monoisotopic (exact) mass is 245 g/mol. The van der Waals surface area contributed by atoms with E-state index in [0.717, 1.165) is 0 Å². The van der Waals surface area contributed by atoms with Gasteiger partial charge in [0.1, 0.15) is 11.5 Å². The molecule has 1 rings (SSSR count). The lowest BCUT2D eigenvalue weighted by Crippen LogP contribution is -2.02. The number of imidazole rings is 1. The summed E-state index contributed by atoms with van der Waals surface area (Å²) < 4.78 is 15.0. The molecule has 0 aromatic carbocycles. The summed E-state index contributed by atoms with van der Waals surface area (Å²) in [5.41, 5.74) is 0.933. The summed E-state index contributed by atoms with van der Waals surface area (Å²) in [6, 6.07) is 1.73. The zero-order chi connectivity index (χ0) is 13.5. The van der Waals surface area contributed by atoms with Crippen LogP contribution < -0.4 is 0 Å². The lowest BCUT2D eigenvalue weighted by Gasteiger charge is -2.05. The third-order valence-electron chi connectivity index (χ3n) is 2.32. The van der Waals surface area contributed by atoms with Crippen molar-refractivity contribution in [2.75, 3.05) is 0 Å². The van der Waals surface area contributed by atoms with E-state index in [2.05, 4.69) is 11.6 Å². The van der Waals surface area contributed by atoms with Gasteiger partial charge in [-0.2, -0.15) is 5.26 Å². The summed E-state index contributed by atoms with van der Waals surface area (Å²) in [5, 5.41) is 8.57. The molecule has 92 valence electrons. The van der Waals surface area contributed by atoms with Crippen LogP contribution in [0.15, 0.2) is 48.2 Å². The SMILES string of the molecule is C=C/C(=C\C(F)=C(/C)C#N)Cn1cncc1C=O. The van der Waals surface area contributed by atoms with E-state index in [9.17, 15) is 9.18 Å². The second kappa shape index (κ2) is 6.30. The average molecular weight is 245 g/mol. The molecule has 0 spiro atoms. The summed E-state index contributed by atoms with van der Waals surface area (Å²) in [6.07, 6.45) is 6.25. The topological polar surface area (TPSA) is 58.7 Å². The van der Waals surface area contributed by atoms with Crippen LogP contribution in [0.25, 0.3) is 0 Å². The number of carbonyl (C=O) groups excluding carboxylic acids is 1. The normalized spacial score (nSPS) is 12.6. The van der Waals surface area contributed by atoms with Gasteiger partial charge >= 0.3 is 0 Å². The molecule has 5 heteroatoms. The first kappa shape index (κ1) is 13.6. The predicted octanol–water partition coefficient (Wildman–Crippen LogP) is 2.58. The van der Waals surface area contributed by atoms with Crippen molar-refractivity contribution in [2.45, 2.75) is 13.5 Å². The minimum Gasteiger partial charge on any atom is -0.324 e. The number of hydrogen-bond donors (Lipinski definition) is 0. The maximum atomic E-state index is 13.5. The second-order valence-electron chi connectivity index (χ2n) is 3.57. The van der Waals surface area contributed by atoms with E-state index in [1.165, 1.54) is 31.6 Å². The highest BCUT2D eigenvalue weighted by atomic mass is 19.1. The molecule has 0 unspecified atom stereocenters. The van der Waals surface area contributed by atoms with Gasteiger partial charge in [0, 0.05) is 6.54 Å². The van der Waals surface area contributed by atoms with E-state index in [4.69, 9.17) is 5.26 Å². The molecule has 0 amide bonds. The van der Waals surface area contributed by atoms with Crippen molar-refractivity contribution in [3.05, 3.63) is 53.9 Å². The Balaban J connectivity index is 3.00. The van der Waals surface area contributed by atoms with Crippen molar-refractivity contribution >= 4 is 6.29 Å². The Kier molecular flexibility index (Phi) is 4.76. The Morgan fingerprint density at radius 2 is 2.44 bits per heavy atom. The van der Waals surface area contributed by atoms with Crippen LogP contribution in [0.4, 0.5) is 4.39 Å². The molecule has 0 radical (unpaired) electrons. The van der Waals surface area contributed by atoms with Crippen LogP contribution in [0.3, 0.4) is 0 Å². The number of aromatic nitrogens is 2. The molecule has 18 heavy (non-hydrogen) atoms. The smallest absolute Gasteiger partial charge is 0.168 e. The number of nitrogens with zero attached hydrogens (tertiary/aromatic N) is 3. The zero-order valence-corrected chi connectivity index (χ0v) is 9.93. The molecule has 0 aliphatic carbocycles. The van der Waals surface area contributed by atoms with E-state index in [-0.39, 0.29) is 12.1 Å². The Morgan fingerprint density at radius 3 is 3.00 bits per heavy atom. The Labute approximate surface area is 104 Å². The molecule has 0 saturated carbocycles. The van der Waals surface area contributed by atoms with Gasteiger partial charge in [-0.3, -0.25) is 4.79 Å². The van der Waals surface area contributed by atoms with Crippen LogP contribution in [0.2, 0.25) is 0 Å². The van der Waals surface area contributed by atoms with Crippen molar-refractivity contribution in [1.82, 2.24) is 9.55 Å². The van der Waals surface area contributed by atoms with E-state index in [1.807, 2.05) is 0 Å². The molecule has 1 heterocycles. The van der Waals surface area contributed by atoms with Crippen molar-refractivity contribution in [2.24, 2.45) is 0 Å². The molecular weight excluding hydrogens is 233 g/mol. The highest BCUT2D eigenvalue weighted by Gasteiger charge is 2.04. The summed E-state index contributed by atoms with van der Waals surface area (Å²) >= 11 is 0. The van der Waals surface area contributed by atoms with Crippen LogP contribution in [-0.2, 0) is 6.54 Å².